The molecule has 0 aromatic heterocycles. The molecule has 0 atom stereocenters. The average molecular weight is 464 g/mol. The number of carbonyl (C=O) groups is 1. The molecule has 0 aliphatic carbocycles. The van der Waals surface area contributed by atoms with Gasteiger partial charge < -0.3 is 20.4 Å². The minimum Gasteiger partial charge on any atom is -0.368 e. The second-order valence-electron chi connectivity index (χ2n) is 5.71. The SMILES string of the molecule is I.O=C(CNC1=NCCCN1)N1CCN(c2ccc(Cl)cc2)CC1. The lowest BCUT2D eigenvalue weighted by Gasteiger charge is -2.36. The summed E-state index contributed by atoms with van der Waals surface area (Å²) in [6.45, 7) is 5.20. The van der Waals surface area contributed by atoms with E-state index in [1.807, 2.05) is 29.2 Å². The topological polar surface area (TPSA) is 60.0 Å². The smallest absolute Gasteiger partial charge is 0.242 e. The second kappa shape index (κ2) is 9.31. The van der Waals surface area contributed by atoms with Gasteiger partial charge in [-0.2, -0.15) is 0 Å². The maximum Gasteiger partial charge on any atom is 0.242 e. The van der Waals surface area contributed by atoms with Crippen molar-refractivity contribution in [3.05, 3.63) is 29.3 Å². The molecule has 8 heteroatoms. The third-order valence-electron chi connectivity index (χ3n) is 4.13. The van der Waals surface area contributed by atoms with Gasteiger partial charge in [0.05, 0.1) is 6.54 Å². The Morgan fingerprint density at radius 3 is 2.54 bits per heavy atom. The van der Waals surface area contributed by atoms with E-state index < -0.39 is 0 Å². The van der Waals surface area contributed by atoms with Crippen molar-refractivity contribution in [2.75, 3.05) is 50.7 Å². The van der Waals surface area contributed by atoms with Crippen molar-refractivity contribution in [3.63, 3.8) is 0 Å². The predicted molar refractivity (Wildman–Crippen MR) is 109 cm³/mol. The molecule has 2 N–H and O–H groups in total. The van der Waals surface area contributed by atoms with E-state index in [-0.39, 0.29) is 29.9 Å². The average Bonchev–Trinajstić information content (AvgIpc) is 2.61. The Morgan fingerprint density at radius 1 is 1.21 bits per heavy atom. The number of hydrogen-bond acceptors (Lipinski definition) is 5. The van der Waals surface area contributed by atoms with Crippen LogP contribution in [-0.4, -0.2) is 62.6 Å². The zero-order valence-electron chi connectivity index (χ0n) is 13.5. The van der Waals surface area contributed by atoms with E-state index in [1.165, 1.54) is 0 Å². The molecule has 2 aliphatic heterocycles. The maximum atomic E-state index is 12.3. The Morgan fingerprint density at radius 2 is 1.92 bits per heavy atom. The molecule has 1 aromatic rings. The number of nitrogens with one attached hydrogen (secondary N) is 2. The van der Waals surface area contributed by atoms with Crippen LogP contribution in [0.15, 0.2) is 29.3 Å². The van der Waals surface area contributed by atoms with Crippen LogP contribution in [0.4, 0.5) is 5.69 Å². The van der Waals surface area contributed by atoms with E-state index in [0.29, 0.717) is 6.54 Å². The van der Waals surface area contributed by atoms with Crippen LogP contribution in [-0.2, 0) is 4.79 Å². The second-order valence-corrected chi connectivity index (χ2v) is 6.14. The highest BCUT2D eigenvalue weighted by molar-refractivity contribution is 14.0. The molecule has 0 spiro atoms. The molecule has 132 valence electrons. The number of rotatable bonds is 3. The van der Waals surface area contributed by atoms with Crippen LogP contribution in [0.25, 0.3) is 0 Å². The van der Waals surface area contributed by atoms with Gasteiger partial charge in [0.2, 0.25) is 5.91 Å². The number of carbonyl (C=O) groups excluding carboxylic acids is 1. The van der Waals surface area contributed by atoms with Crippen molar-refractivity contribution in [3.8, 4) is 0 Å². The van der Waals surface area contributed by atoms with E-state index in [4.69, 9.17) is 11.6 Å². The molecule has 1 aromatic carbocycles. The first-order chi connectivity index (χ1) is 11.2. The van der Waals surface area contributed by atoms with Gasteiger partial charge in [0.25, 0.3) is 0 Å². The summed E-state index contributed by atoms with van der Waals surface area (Å²) in [6.07, 6.45) is 1.05. The number of benzene rings is 1. The van der Waals surface area contributed by atoms with E-state index in [2.05, 4.69) is 20.5 Å². The van der Waals surface area contributed by atoms with Crippen LogP contribution in [0.3, 0.4) is 0 Å². The van der Waals surface area contributed by atoms with Gasteiger partial charge in [-0.3, -0.25) is 9.79 Å². The Kier molecular flexibility index (Phi) is 7.41. The van der Waals surface area contributed by atoms with E-state index in [1.54, 1.807) is 0 Å². The van der Waals surface area contributed by atoms with E-state index in [9.17, 15) is 4.79 Å². The normalized spacial score (nSPS) is 17.5. The fourth-order valence-corrected chi connectivity index (χ4v) is 2.91. The molecule has 2 aliphatic rings. The first-order valence-electron chi connectivity index (χ1n) is 8.03. The van der Waals surface area contributed by atoms with Crippen LogP contribution in [0, 0.1) is 0 Å². The van der Waals surface area contributed by atoms with Gasteiger partial charge in [-0.1, -0.05) is 11.6 Å². The molecule has 24 heavy (non-hydrogen) atoms. The summed E-state index contributed by atoms with van der Waals surface area (Å²) in [5.41, 5.74) is 1.15. The van der Waals surface area contributed by atoms with Gasteiger partial charge in [0, 0.05) is 50.0 Å². The quantitative estimate of drug-likeness (QED) is 0.668. The lowest BCUT2D eigenvalue weighted by Crippen LogP contribution is -2.52. The molecule has 3 rings (SSSR count). The monoisotopic (exact) mass is 463 g/mol. The summed E-state index contributed by atoms with van der Waals surface area (Å²) in [4.78, 5) is 20.8. The summed E-state index contributed by atoms with van der Waals surface area (Å²) >= 11 is 5.92. The Bertz CT molecular complexity index is 572. The van der Waals surface area contributed by atoms with Gasteiger partial charge in [-0.05, 0) is 30.7 Å². The zero-order chi connectivity index (χ0) is 16.1. The summed E-state index contributed by atoms with van der Waals surface area (Å²) in [7, 11) is 0. The first kappa shape index (κ1) is 19.1. The Balaban J connectivity index is 0.00000208. The molecular weight excluding hydrogens is 441 g/mol. The third kappa shape index (κ3) is 5.14. The Hall–Kier alpha value is -1.22. The predicted octanol–water partition coefficient (Wildman–Crippen LogP) is 1.55. The number of amides is 1. The number of guanidine groups is 1. The van der Waals surface area contributed by atoms with Crippen molar-refractivity contribution in [1.29, 1.82) is 0 Å². The zero-order valence-corrected chi connectivity index (χ0v) is 16.6. The molecule has 1 saturated heterocycles. The minimum absolute atomic E-state index is 0. The number of anilines is 1. The van der Waals surface area contributed by atoms with Gasteiger partial charge in [-0.15, -0.1) is 24.0 Å². The number of piperazine rings is 1. The van der Waals surface area contributed by atoms with Crippen molar-refractivity contribution < 1.29 is 4.79 Å². The lowest BCUT2D eigenvalue weighted by atomic mass is 10.2. The number of hydrogen-bond donors (Lipinski definition) is 2. The van der Waals surface area contributed by atoms with Crippen LogP contribution >= 0.6 is 35.6 Å². The standard InChI is InChI=1S/C16H22ClN5O.HI/c17-13-2-4-14(5-3-13)21-8-10-22(11-9-21)15(23)12-20-16-18-6-1-7-19-16;/h2-5H,1,6-12H2,(H2,18,19,20);1H. The fraction of sp³-hybridized carbons (Fsp3) is 0.500. The minimum atomic E-state index is 0. The fourth-order valence-electron chi connectivity index (χ4n) is 2.79. The van der Waals surface area contributed by atoms with Crippen molar-refractivity contribution >= 4 is 53.1 Å². The maximum absolute atomic E-state index is 12.3. The van der Waals surface area contributed by atoms with E-state index >= 15 is 0 Å². The third-order valence-corrected chi connectivity index (χ3v) is 4.38. The molecule has 0 saturated carbocycles. The number of aliphatic imine (C=N–C) groups is 1. The number of halogens is 2. The molecule has 0 unspecified atom stereocenters. The molecular formula is C16H23ClIN5O. The lowest BCUT2D eigenvalue weighted by molar-refractivity contribution is -0.130. The molecule has 1 amide bonds. The highest BCUT2D eigenvalue weighted by Gasteiger charge is 2.21. The van der Waals surface area contributed by atoms with Crippen LogP contribution in [0.1, 0.15) is 6.42 Å². The molecule has 1 fully saturated rings. The molecule has 2 heterocycles. The largest absolute Gasteiger partial charge is 0.368 e. The molecule has 0 radical (unpaired) electrons. The van der Waals surface area contributed by atoms with Crippen LogP contribution in [0.5, 0.6) is 0 Å². The summed E-state index contributed by atoms with van der Waals surface area (Å²) in [5.74, 6) is 0.861. The highest BCUT2D eigenvalue weighted by Crippen LogP contribution is 2.19. The first-order valence-corrected chi connectivity index (χ1v) is 8.41. The van der Waals surface area contributed by atoms with Crippen LogP contribution < -0.4 is 15.5 Å². The van der Waals surface area contributed by atoms with Crippen molar-refractivity contribution in [2.24, 2.45) is 4.99 Å². The number of nitrogens with zero attached hydrogens (tertiary/aromatic N) is 3. The van der Waals surface area contributed by atoms with Gasteiger partial charge >= 0.3 is 0 Å². The van der Waals surface area contributed by atoms with Crippen LogP contribution in [0.2, 0.25) is 5.02 Å². The van der Waals surface area contributed by atoms with E-state index in [0.717, 1.165) is 62.4 Å². The highest BCUT2D eigenvalue weighted by atomic mass is 127. The van der Waals surface area contributed by atoms with Gasteiger partial charge in [-0.25, -0.2) is 0 Å². The molecule has 6 nitrogen and oxygen atoms in total. The summed E-state index contributed by atoms with van der Waals surface area (Å²) < 4.78 is 0. The van der Waals surface area contributed by atoms with Crippen molar-refractivity contribution in [2.45, 2.75) is 6.42 Å². The molecule has 0 bridgehead atoms. The summed E-state index contributed by atoms with van der Waals surface area (Å²) in [6, 6.07) is 7.84. The van der Waals surface area contributed by atoms with Gasteiger partial charge in [0.15, 0.2) is 5.96 Å². The Labute approximate surface area is 164 Å². The van der Waals surface area contributed by atoms with Crippen molar-refractivity contribution in [1.82, 2.24) is 15.5 Å². The van der Waals surface area contributed by atoms with Gasteiger partial charge in [0.1, 0.15) is 0 Å². The summed E-state index contributed by atoms with van der Waals surface area (Å²) in [5, 5.41) is 6.99.